The summed E-state index contributed by atoms with van der Waals surface area (Å²) in [5.74, 6) is 0.776. The number of ether oxygens (including phenoxy) is 1. The van der Waals surface area contributed by atoms with Crippen LogP contribution >= 0.6 is 0 Å². The van der Waals surface area contributed by atoms with E-state index >= 15 is 4.39 Å². The molecule has 1 amide bonds. The summed E-state index contributed by atoms with van der Waals surface area (Å²) >= 11 is 0. The zero-order chi connectivity index (χ0) is 24.7. The first-order valence-electron chi connectivity index (χ1n) is 13.3. The molecule has 3 saturated heterocycles. The van der Waals surface area contributed by atoms with Crippen molar-refractivity contribution >= 4 is 6.09 Å². The van der Waals surface area contributed by atoms with Gasteiger partial charge in [-0.2, -0.15) is 0 Å². The number of hydrogen-bond acceptors (Lipinski definition) is 3. The van der Waals surface area contributed by atoms with Crippen molar-refractivity contribution in [2.45, 2.75) is 71.9 Å². The van der Waals surface area contributed by atoms with E-state index in [4.69, 9.17) is 4.74 Å². The highest BCUT2D eigenvalue weighted by atomic mass is 19.1. The predicted octanol–water partition coefficient (Wildman–Crippen LogP) is 6.53. The summed E-state index contributed by atoms with van der Waals surface area (Å²) in [6, 6.07) is 11.6. The van der Waals surface area contributed by atoms with Crippen LogP contribution in [0.1, 0.15) is 69.7 Å². The van der Waals surface area contributed by atoms with Crippen LogP contribution in [0.3, 0.4) is 0 Å². The molecular formula is C30H39FN2O2. The van der Waals surface area contributed by atoms with Crippen molar-refractivity contribution in [1.82, 2.24) is 10.2 Å². The van der Waals surface area contributed by atoms with Crippen molar-refractivity contribution in [1.29, 1.82) is 0 Å². The highest BCUT2D eigenvalue weighted by Gasteiger charge is 2.40. The fourth-order valence-corrected chi connectivity index (χ4v) is 6.31. The van der Waals surface area contributed by atoms with E-state index in [2.05, 4.69) is 50.0 Å². The summed E-state index contributed by atoms with van der Waals surface area (Å²) < 4.78 is 21.5. The molecule has 0 saturated carbocycles. The normalized spacial score (nSPS) is 26.9. The lowest BCUT2D eigenvalue weighted by Crippen LogP contribution is -2.53. The van der Waals surface area contributed by atoms with Crippen LogP contribution in [0, 0.1) is 23.1 Å². The van der Waals surface area contributed by atoms with Gasteiger partial charge in [0.1, 0.15) is 11.9 Å². The molecule has 4 nitrogen and oxygen atoms in total. The minimum absolute atomic E-state index is 0.0408. The van der Waals surface area contributed by atoms with Gasteiger partial charge in [-0.05, 0) is 96.8 Å². The van der Waals surface area contributed by atoms with Crippen molar-refractivity contribution in [3.05, 3.63) is 58.9 Å². The van der Waals surface area contributed by atoms with Gasteiger partial charge < -0.3 is 10.1 Å². The Kier molecular flexibility index (Phi) is 6.65. The molecule has 2 atom stereocenters. The van der Waals surface area contributed by atoms with Crippen LogP contribution in [-0.2, 0) is 17.6 Å². The molecule has 0 radical (unpaired) electrons. The number of nitrogens with zero attached hydrogens (tertiary/aromatic N) is 1. The van der Waals surface area contributed by atoms with Crippen molar-refractivity contribution in [2.24, 2.45) is 17.3 Å². The molecule has 1 aliphatic carbocycles. The fraction of sp³-hybridized carbons (Fsp3) is 0.567. The molecule has 1 N–H and O–H groups in total. The number of hydrogen-bond donors (Lipinski definition) is 1. The minimum Gasteiger partial charge on any atom is -0.445 e. The highest BCUT2D eigenvalue weighted by Crippen LogP contribution is 2.45. The van der Waals surface area contributed by atoms with E-state index < -0.39 is 0 Å². The molecule has 3 heterocycles. The van der Waals surface area contributed by atoms with Gasteiger partial charge >= 0.3 is 6.09 Å². The molecular weight excluding hydrogens is 439 g/mol. The molecule has 5 heteroatoms. The van der Waals surface area contributed by atoms with E-state index in [1.807, 2.05) is 18.2 Å². The van der Waals surface area contributed by atoms with Gasteiger partial charge in [-0.25, -0.2) is 9.18 Å². The first kappa shape index (κ1) is 24.3. The van der Waals surface area contributed by atoms with Crippen molar-refractivity contribution in [3.8, 4) is 11.1 Å². The predicted molar refractivity (Wildman–Crippen MR) is 138 cm³/mol. The molecule has 2 bridgehead atoms. The second kappa shape index (κ2) is 9.57. The number of alkyl carbamates (subject to hydrolysis) is 1. The summed E-state index contributed by atoms with van der Waals surface area (Å²) in [5, 5.41) is 3.14. The third-order valence-electron chi connectivity index (χ3n) is 8.36. The Hall–Kier alpha value is -2.40. The largest absolute Gasteiger partial charge is 0.445 e. The molecule has 188 valence electrons. The van der Waals surface area contributed by atoms with E-state index in [0.29, 0.717) is 17.4 Å². The summed E-state index contributed by atoms with van der Waals surface area (Å²) in [7, 11) is 0. The Bertz CT molecular complexity index is 1090. The maximum absolute atomic E-state index is 15.5. The lowest BCUT2D eigenvalue weighted by atomic mass is 9.70. The lowest BCUT2D eigenvalue weighted by molar-refractivity contribution is -0.0353. The van der Waals surface area contributed by atoms with E-state index in [9.17, 15) is 4.79 Å². The highest BCUT2D eigenvalue weighted by molar-refractivity contribution is 5.70. The Labute approximate surface area is 209 Å². The van der Waals surface area contributed by atoms with E-state index in [0.717, 1.165) is 68.4 Å². The second-order valence-corrected chi connectivity index (χ2v) is 12.0. The van der Waals surface area contributed by atoms with Crippen molar-refractivity contribution in [2.75, 3.05) is 19.6 Å². The van der Waals surface area contributed by atoms with Gasteiger partial charge in [0.15, 0.2) is 0 Å². The lowest BCUT2D eigenvalue weighted by Gasteiger charge is -2.44. The first-order valence-corrected chi connectivity index (χ1v) is 13.3. The van der Waals surface area contributed by atoms with E-state index in [1.165, 1.54) is 5.56 Å². The third kappa shape index (κ3) is 5.11. The smallest absolute Gasteiger partial charge is 0.407 e. The van der Waals surface area contributed by atoms with Crippen LogP contribution in [-0.4, -0.2) is 36.7 Å². The summed E-state index contributed by atoms with van der Waals surface area (Å²) in [4.78, 5) is 15.4. The van der Waals surface area contributed by atoms with Gasteiger partial charge in [0.25, 0.3) is 0 Å². The molecule has 0 unspecified atom stereocenters. The molecule has 0 aromatic heterocycles. The Balaban J connectivity index is 1.38. The van der Waals surface area contributed by atoms with Crippen LogP contribution in [0.25, 0.3) is 11.1 Å². The summed E-state index contributed by atoms with van der Waals surface area (Å²) in [6.45, 7) is 11.7. The molecule has 3 fully saturated rings. The quantitative estimate of drug-likeness (QED) is 0.532. The van der Waals surface area contributed by atoms with E-state index in [-0.39, 0.29) is 29.5 Å². The van der Waals surface area contributed by atoms with E-state index in [1.54, 1.807) is 6.07 Å². The van der Waals surface area contributed by atoms with Crippen molar-refractivity contribution < 1.29 is 13.9 Å². The number of fused-ring (bicyclic) bond motifs is 4. The monoisotopic (exact) mass is 478 g/mol. The zero-order valence-corrected chi connectivity index (χ0v) is 21.6. The zero-order valence-electron chi connectivity index (χ0n) is 21.6. The minimum atomic E-state index is -0.374. The topological polar surface area (TPSA) is 41.6 Å². The van der Waals surface area contributed by atoms with Crippen LogP contribution in [0.2, 0.25) is 0 Å². The average molecular weight is 479 g/mol. The van der Waals surface area contributed by atoms with Crippen molar-refractivity contribution in [3.63, 3.8) is 0 Å². The summed E-state index contributed by atoms with van der Waals surface area (Å²) in [6.07, 6.45) is 4.55. The van der Waals surface area contributed by atoms with Gasteiger partial charge in [0, 0.05) is 12.1 Å². The first-order chi connectivity index (χ1) is 16.7. The van der Waals surface area contributed by atoms with Crippen LogP contribution < -0.4 is 5.32 Å². The Morgan fingerprint density at radius 1 is 1.20 bits per heavy atom. The molecule has 2 aromatic rings. The number of piperidine rings is 3. The standard InChI is InChI=1S/C30H39FN2O2/c1-19(2)14-20-6-5-7-22(15-20)24-16-23-8-11-30(3,4)28(25(23)17-26(24)31)32-29(34)35-27-18-33-12-9-21(27)10-13-33/h5-7,15-17,19,21,27-28H,8-14,18H2,1-4H3,(H,32,34)/t27-,28+/m1/s1. The molecule has 35 heavy (non-hydrogen) atoms. The SMILES string of the molecule is CC(C)Cc1cccc(-c2cc3c(cc2F)[C@H](NC(=O)O[C@@H]2CN4CCC2CC4)C(C)(C)CC3)c1. The second-order valence-electron chi connectivity index (χ2n) is 12.0. The molecule has 3 aliphatic heterocycles. The maximum atomic E-state index is 15.5. The number of halogens is 1. The molecule has 2 aromatic carbocycles. The molecule has 6 rings (SSSR count). The van der Waals surface area contributed by atoms with Crippen LogP contribution in [0.15, 0.2) is 36.4 Å². The number of rotatable bonds is 5. The average Bonchev–Trinajstić information content (AvgIpc) is 2.81. The molecule has 0 spiro atoms. The van der Waals surface area contributed by atoms with Gasteiger partial charge in [0.2, 0.25) is 0 Å². The number of aryl methyl sites for hydroxylation is 1. The van der Waals surface area contributed by atoms with Gasteiger partial charge in [-0.15, -0.1) is 0 Å². The Morgan fingerprint density at radius 3 is 2.66 bits per heavy atom. The van der Waals surface area contributed by atoms with Gasteiger partial charge in [-0.3, -0.25) is 4.90 Å². The Morgan fingerprint density at radius 2 is 1.97 bits per heavy atom. The maximum Gasteiger partial charge on any atom is 0.407 e. The van der Waals surface area contributed by atoms with Gasteiger partial charge in [-0.1, -0.05) is 52.0 Å². The van der Waals surface area contributed by atoms with Crippen LogP contribution in [0.4, 0.5) is 9.18 Å². The number of benzene rings is 2. The number of carbonyl (C=O) groups is 1. The molecule has 4 aliphatic rings. The third-order valence-corrected chi connectivity index (χ3v) is 8.36. The summed E-state index contributed by atoms with van der Waals surface area (Å²) in [5.41, 5.74) is 4.59. The fourth-order valence-electron chi connectivity index (χ4n) is 6.31. The van der Waals surface area contributed by atoms with Gasteiger partial charge in [0.05, 0.1) is 6.04 Å². The number of amides is 1. The number of carbonyl (C=O) groups excluding carboxylic acids is 1. The number of nitrogens with one attached hydrogen (secondary N) is 1. The van der Waals surface area contributed by atoms with Crippen LogP contribution in [0.5, 0.6) is 0 Å².